The number of pyridine rings is 1. The van der Waals surface area contributed by atoms with Crippen LogP contribution in [-0.4, -0.2) is 28.3 Å². The SMILES string of the molecule is O=C(CC1(O)C(=O)N(CCCc2ccccc2)c2ccccc21)c1ccccn1. The Labute approximate surface area is 169 Å². The zero-order valence-corrected chi connectivity index (χ0v) is 16.0. The quantitative estimate of drug-likeness (QED) is 0.631. The number of amides is 1. The summed E-state index contributed by atoms with van der Waals surface area (Å²) in [5.74, 6) is -0.807. The van der Waals surface area contributed by atoms with E-state index in [2.05, 4.69) is 17.1 Å². The number of aliphatic hydroxyl groups is 1. The van der Waals surface area contributed by atoms with E-state index in [9.17, 15) is 14.7 Å². The van der Waals surface area contributed by atoms with Gasteiger partial charge in [-0.15, -0.1) is 0 Å². The lowest BCUT2D eigenvalue weighted by molar-refractivity contribution is -0.135. The number of para-hydroxylation sites is 1. The number of hydrogen-bond acceptors (Lipinski definition) is 4. The predicted octanol–water partition coefficient (Wildman–Crippen LogP) is 3.52. The van der Waals surface area contributed by atoms with Crippen molar-refractivity contribution in [1.82, 2.24) is 4.98 Å². The fourth-order valence-corrected chi connectivity index (χ4v) is 3.84. The molecule has 1 atom stereocenters. The number of carbonyl (C=O) groups excluding carboxylic acids is 2. The zero-order chi connectivity index (χ0) is 20.3. The molecule has 146 valence electrons. The predicted molar refractivity (Wildman–Crippen MR) is 111 cm³/mol. The number of nitrogens with zero attached hydrogens (tertiary/aromatic N) is 2. The van der Waals surface area contributed by atoms with Crippen molar-refractivity contribution in [3.8, 4) is 0 Å². The first-order valence-electron chi connectivity index (χ1n) is 9.71. The Morgan fingerprint density at radius 1 is 0.966 bits per heavy atom. The summed E-state index contributed by atoms with van der Waals surface area (Å²) in [4.78, 5) is 31.5. The van der Waals surface area contributed by atoms with E-state index in [-0.39, 0.29) is 17.9 Å². The van der Waals surface area contributed by atoms with Crippen LogP contribution in [0.1, 0.15) is 34.5 Å². The van der Waals surface area contributed by atoms with E-state index in [0.717, 1.165) is 12.8 Å². The second-order valence-corrected chi connectivity index (χ2v) is 7.24. The van der Waals surface area contributed by atoms with Crippen molar-refractivity contribution in [3.05, 3.63) is 95.8 Å². The summed E-state index contributed by atoms with van der Waals surface area (Å²) in [6.45, 7) is 0.477. The average molecular weight is 386 g/mol. The lowest BCUT2D eigenvalue weighted by Crippen LogP contribution is -2.42. The topological polar surface area (TPSA) is 70.5 Å². The van der Waals surface area contributed by atoms with Crippen LogP contribution in [0.15, 0.2) is 79.0 Å². The minimum Gasteiger partial charge on any atom is -0.375 e. The van der Waals surface area contributed by atoms with Gasteiger partial charge in [0.2, 0.25) is 0 Å². The Balaban J connectivity index is 1.54. The monoisotopic (exact) mass is 386 g/mol. The molecule has 1 aliphatic rings. The van der Waals surface area contributed by atoms with Gasteiger partial charge in [-0.1, -0.05) is 54.6 Å². The third-order valence-corrected chi connectivity index (χ3v) is 5.30. The van der Waals surface area contributed by atoms with E-state index in [1.165, 1.54) is 11.8 Å². The zero-order valence-electron chi connectivity index (χ0n) is 16.0. The lowest BCUT2D eigenvalue weighted by Gasteiger charge is -2.22. The van der Waals surface area contributed by atoms with E-state index in [1.807, 2.05) is 30.3 Å². The number of rotatable bonds is 7. The molecule has 1 N–H and O–H groups in total. The number of aromatic nitrogens is 1. The van der Waals surface area contributed by atoms with Crippen molar-refractivity contribution in [1.29, 1.82) is 0 Å². The summed E-state index contributed by atoms with van der Waals surface area (Å²) in [5.41, 5.74) is 0.732. The number of benzene rings is 2. The highest BCUT2D eigenvalue weighted by Crippen LogP contribution is 2.42. The number of ketones is 1. The maximum absolute atomic E-state index is 13.2. The molecule has 3 aromatic rings. The van der Waals surface area contributed by atoms with E-state index >= 15 is 0 Å². The van der Waals surface area contributed by atoms with Gasteiger partial charge >= 0.3 is 0 Å². The van der Waals surface area contributed by atoms with Gasteiger partial charge < -0.3 is 10.0 Å². The molecule has 5 heteroatoms. The van der Waals surface area contributed by atoms with Crippen molar-refractivity contribution in [2.24, 2.45) is 0 Å². The first-order chi connectivity index (χ1) is 14.1. The summed E-state index contributed by atoms with van der Waals surface area (Å²) >= 11 is 0. The van der Waals surface area contributed by atoms with Gasteiger partial charge in [0.15, 0.2) is 11.4 Å². The number of carbonyl (C=O) groups is 2. The lowest BCUT2D eigenvalue weighted by atomic mass is 9.89. The molecule has 2 aromatic carbocycles. The van der Waals surface area contributed by atoms with Crippen LogP contribution in [0.4, 0.5) is 5.69 Å². The van der Waals surface area contributed by atoms with Gasteiger partial charge in [-0.2, -0.15) is 0 Å². The van der Waals surface area contributed by atoms with Crippen LogP contribution in [0.5, 0.6) is 0 Å². The number of anilines is 1. The molecule has 29 heavy (non-hydrogen) atoms. The molecule has 1 unspecified atom stereocenters. The molecule has 1 aromatic heterocycles. The van der Waals surface area contributed by atoms with Crippen LogP contribution in [0, 0.1) is 0 Å². The molecule has 0 saturated heterocycles. The van der Waals surface area contributed by atoms with Crippen molar-refractivity contribution >= 4 is 17.4 Å². The van der Waals surface area contributed by atoms with Crippen molar-refractivity contribution in [3.63, 3.8) is 0 Å². The minimum absolute atomic E-state index is 0.244. The van der Waals surface area contributed by atoms with Gasteiger partial charge in [-0.25, -0.2) is 0 Å². The van der Waals surface area contributed by atoms with Crippen LogP contribution in [0.2, 0.25) is 0 Å². The molecule has 5 nitrogen and oxygen atoms in total. The highest BCUT2D eigenvalue weighted by Gasteiger charge is 2.50. The van der Waals surface area contributed by atoms with E-state index in [1.54, 1.807) is 35.2 Å². The van der Waals surface area contributed by atoms with Crippen LogP contribution in [0.3, 0.4) is 0 Å². The Hall–Kier alpha value is -3.31. The fraction of sp³-hybridized carbons (Fsp3) is 0.208. The summed E-state index contributed by atoms with van der Waals surface area (Å²) in [7, 11) is 0. The number of hydrogen-bond donors (Lipinski definition) is 1. The minimum atomic E-state index is -1.86. The van der Waals surface area contributed by atoms with Gasteiger partial charge in [0.25, 0.3) is 5.91 Å². The van der Waals surface area contributed by atoms with Crippen molar-refractivity contribution in [2.75, 3.05) is 11.4 Å². The molecule has 0 aliphatic carbocycles. The number of Topliss-reactive ketones (excluding diaryl/α,β-unsaturated/α-hetero) is 1. The summed E-state index contributed by atoms with van der Waals surface area (Å²) < 4.78 is 0. The number of fused-ring (bicyclic) bond motifs is 1. The summed E-state index contributed by atoms with van der Waals surface area (Å²) in [6.07, 6.45) is 2.79. The summed E-state index contributed by atoms with van der Waals surface area (Å²) in [5, 5.41) is 11.3. The molecule has 0 fully saturated rings. The second kappa shape index (κ2) is 7.97. The fourth-order valence-electron chi connectivity index (χ4n) is 3.84. The molecule has 0 saturated carbocycles. The molecule has 0 radical (unpaired) electrons. The standard InChI is InChI=1S/C24H22N2O3/c27-22(20-13-6-7-15-25-20)17-24(29)19-12-4-5-14-21(19)26(23(24)28)16-8-11-18-9-2-1-3-10-18/h1-7,9-10,12-15,29H,8,11,16-17H2. The Kier molecular flexibility index (Phi) is 5.23. The second-order valence-electron chi connectivity index (χ2n) is 7.24. The molecule has 2 heterocycles. The maximum Gasteiger partial charge on any atom is 0.264 e. The molecule has 0 spiro atoms. The number of aryl methyl sites for hydroxylation is 1. The van der Waals surface area contributed by atoms with Crippen LogP contribution in [-0.2, 0) is 16.8 Å². The van der Waals surface area contributed by atoms with Crippen molar-refractivity contribution in [2.45, 2.75) is 24.9 Å². The first kappa shape index (κ1) is 19.0. The summed E-state index contributed by atoms with van der Waals surface area (Å²) in [6, 6.07) is 22.2. The Morgan fingerprint density at radius 3 is 2.45 bits per heavy atom. The average Bonchev–Trinajstić information content (AvgIpc) is 2.97. The van der Waals surface area contributed by atoms with Crippen LogP contribution < -0.4 is 4.90 Å². The Morgan fingerprint density at radius 2 is 1.69 bits per heavy atom. The molecular formula is C24H22N2O3. The third-order valence-electron chi connectivity index (χ3n) is 5.30. The molecule has 1 amide bonds. The van der Waals surface area contributed by atoms with Gasteiger partial charge in [0.05, 0.1) is 12.1 Å². The molecule has 1 aliphatic heterocycles. The maximum atomic E-state index is 13.2. The van der Waals surface area contributed by atoms with E-state index < -0.39 is 11.5 Å². The Bertz CT molecular complexity index is 1020. The van der Waals surface area contributed by atoms with E-state index in [4.69, 9.17) is 0 Å². The van der Waals surface area contributed by atoms with Gasteiger partial charge in [0, 0.05) is 18.3 Å². The largest absolute Gasteiger partial charge is 0.375 e. The van der Waals surface area contributed by atoms with E-state index in [0.29, 0.717) is 17.8 Å². The highest BCUT2D eigenvalue weighted by atomic mass is 16.3. The first-order valence-corrected chi connectivity index (χ1v) is 9.71. The van der Waals surface area contributed by atoms with Gasteiger partial charge in [0.1, 0.15) is 5.69 Å². The third kappa shape index (κ3) is 3.69. The van der Waals surface area contributed by atoms with Crippen molar-refractivity contribution < 1.29 is 14.7 Å². The highest BCUT2D eigenvalue weighted by molar-refractivity contribution is 6.10. The smallest absolute Gasteiger partial charge is 0.264 e. The normalized spacial score (nSPS) is 18.0. The van der Waals surface area contributed by atoms with Gasteiger partial charge in [-0.3, -0.25) is 14.6 Å². The molecular weight excluding hydrogens is 364 g/mol. The van der Waals surface area contributed by atoms with Crippen LogP contribution in [0.25, 0.3) is 0 Å². The van der Waals surface area contributed by atoms with Gasteiger partial charge in [-0.05, 0) is 36.6 Å². The molecule has 0 bridgehead atoms. The van der Waals surface area contributed by atoms with Crippen LogP contribution >= 0.6 is 0 Å². The molecule has 4 rings (SSSR count).